The number of piperazine rings is 1. The van der Waals surface area contributed by atoms with E-state index in [1.807, 2.05) is 72.7 Å². The van der Waals surface area contributed by atoms with Crippen molar-refractivity contribution in [1.82, 2.24) is 9.47 Å². The number of sulfone groups is 1. The van der Waals surface area contributed by atoms with Crippen LogP contribution >= 0.6 is 23.4 Å². The molecule has 3 N–H and O–H groups in total. The zero-order valence-corrected chi connectivity index (χ0v) is 46.4. The van der Waals surface area contributed by atoms with Crippen molar-refractivity contribution < 1.29 is 49.0 Å². The molecule has 0 spiro atoms. The van der Waals surface area contributed by atoms with Gasteiger partial charge in [0, 0.05) is 96.6 Å². The van der Waals surface area contributed by atoms with E-state index in [2.05, 4.69) is 19.8 Å². The van der Waals surface area contributed by atoms with E-state index in [-0.39, 0.29) is 29.1 Å². The fourth-order valence-corrected chi connectivity index (χ4v) is 13.4. The van der Waals surface area contributed by atoms with Crippen LogP contribution in [0.5, 0.6) is 0 Å². The molecule has 0 amide bonds. The van der Waals surface area contributed by atoms with E-state index in [0.29, 0.717) is 97.2 Å². The van der Waals surface area contributed by atoms with Gasteiger partial charge in [-0.25, -0.2) is 26.0 Å². The van der Waals surface area contributed by atoms with Crippen LogP contribution in [0.15, 0.2) is 130 Å². The number of rotatable bonds is 21. The predicted molar refractivity (Wildman–Crippen MR) is 298 cm³/mol. The summed E-state index contributed by atoms with van der Waals surface area (Å²) in [7, 11) is -10.7. The number of thioether (sulfide) groups is 1. The number of carboxylic acids is 1. The number of nitrogens with one attached hydrogen (secondary N) is 2. The molecule has 0 saturated carbocycles. The third-order valence-corrected chi connectivity index (χ3v) is 18.2. The average Bonchev–Trinajstić information content (AvgIpc) is 3.71. The first-order valence-electron chi connectivity index (χ1n) is 25.6. The Bertz CT molecular complexity index is 3240. The topological polar surface area (TPSA) is 154 Å². The second-order valence-corrected chi connectivity index (χ2v) is 24.7. The number of carbonyl (C=O) groups is 1. The number of benzene rings is 5. The van der Waals surface area contributed by atoms with Crippen molar-refractivity contribution in [3.8, 4) is 22.4 Å². The predicted octanol–water partition coefficient (Wildman–Crippen LogP) is 12.3. The molecule has 13 nitrogen and oxygen atoms in total. The van der Waals surface area contributed by atoms with Crippen LogP contribution in [0.25, 0.3) is 22.4 Å². The molecule has 77 heavy (non-hydrogen) atoms. The van der Waals surface area contributed by atoms with Crippen molar-refractivity contribution in [3.63, 3.8) is 0 Å². The second kappa shape index (κ2) is 24.5. The van der Waals surface area contributed by atoms with Crippen LogP contribution in [0.2, 0.25) is 5.02 Å². The van der Waals surface area contributed by atoms with Crippen molar-refractivity contribution >= 4 is 71.9 Å². The summed E-state index contributed by atoms with van der Waals surface area (Å²) in [6, 6.07) is 29.9. The van der Waals surface area contributed by atoms with Gasteiger partial charge in [0.05, 0.1) is 34.0 Å². The lowest BCUT2D eigenvalue weighted by Crippen LogP contribution is -2.46. The number of hydrogen-bond donors (Lipinski definition) is 3. The summed E-state index contributed by atoms with van der Waals surface area (Å²) < 4.78 is 123. The molecule has 3 heterocycles. The van der Waals surface area contributed by atoms with E-state index in [4.69, 9.17) is 16.3 Å². The molecule has 2 aliphatic heterocycles. The molecule has 0 radical (unpaired) electrons. The van der Waals surface area contributed by atoms with Gasteiger partial charge < -0.3 is 34.4 Å². The number of hydrogen-bond acceptors (Lipinski definition) is 11. The maximum Gasteiger partial charge on any atom is 0.501 e. The fraction of sp³-hybridized carbons (Fsp3) is 0.375. The Kier molecular flexibility index (Phi) is 18.3. The van der Waals surface area contributed by atoms with E-state index in [1.54, 1.807) is 49.0 Å². The molecule has 0 bridgehead atoms. The standard InChI is InChI=1S/C56H63ClF4N6O7S3/c1-5-67-38(4)52(55(68)69)53(54(67)39-11-13-41(57)14-12-39)40-33-42(58)35-46(34-40)66-30-28-65(29-31-66)45-17-15-44(16-18-45)63-77(72,73)49-19-20-50(51(36-49)76(70,71)56(59,60)61)62-43(24-32-75-48-9-7-6-8-10-48)21-25-64-26-22-47(23-27-64)74-37(2)3/h6-20,33-37,43,47,62-63H,5,21-32H2,1-4H3,(H,68,69)/t43-/m1/s1. The molecule has 2 saturated heterocycles. The smallest absolute Gasteiger partial charge is 0.478 e. The molecule has 8 rings (SSSR count). The third-order valence-electron chi connectivity index (χ3n) is 14.0. The van der Waals surface area contributed by atoms with Gasteiger partial charge in [0.1, 0.15) is 10.7 Å². The van der Waals surface area contributed by atoms with Gasteiger partial charge in [-0.05, 0) is 155 Å². The monoisotopic (exact) mass is 1140 g/mol. The molecular formula is C56H63ClF4N6O7S3. The van der Waals surface area contributed by atoms with E-state index in [1.165, 1.54) is 24.3 Å². The quantitative estimate of drug-likeness (QED) is 0.0464. The van der Waals surface area contributed by atoms with Gasteiger partial charge >= 0.3 is 11.5 Å². The molecule has 2 aliphatic rings. The van der Waals surface area contributed by atoms with Crippen LogP contribution < -0.4 is 19.8 Å². The number of likely N-dealkylation sites (tertiary alicyclic amines) is 1. The molecule has 2 fully saturated rings. The molecule has 0 aliphatic carbocycles. The van der Waals surface area contributed by atoms with Crippen molar-refractivity contribution in [2.45, 2.75) is 98.4 Å². The highest BCUT2D eigenvalue weighted by Crippen LogP contribution is 2.42. The molecular weight excluding hydrogens is 1080 g/mol. The molecule has 5 aromatic carbocycles. The minimum atomic E-state index is -6.04. The molecule has 6 aromatic rings. The van der Waals surface area contributed by atoms with Crippen LogP contribution in [0.1, 0.15) is 62.5 Å². The first kappa shape index (κ1) is 57.4. The summed E-state index contributed by atoms with van der Waals surface area (Å²) in [5.41, 5.74) is -1.90. The van der Waals surface area contributed by atoms with Gasteiger partial charge in [-0.3, -0.25) is 4.72 Å². The van der Waals surface area contributed by atoms with Crippen molar-refractivity contribution in [2.75, 3.05) is 71.4 Å². The summed E-state index contributed by atoms with van der Waals surface area (Å²) >= 11 is 7.77. The average molecular weight is 1140 g/mol. The Morgan fingerprint density at radius 3 is 2.08 bits per heavy atom. The summed E-state index contributed by atoms with van der Waals surface area (Å²) in [6.45, 7) is 12.1. The van der Waals surface area contributed by atoms with E-state index < -0.39 is 53.0 Å². The molecule has 0 unspecified atom stereocenters. The van der Waals surface area contributed by atoms with Gasteiger partial charge in [-0.1, -0.05) is 41.9 Å². The van der Waals surface area contributed by atoms with E-state index in [9.17, 15) is 39.9 Å². The van der Waals surface area contributed by atoms with Gasteiger partial charge in [0.2, 0.25) is 0 Å². The summed E-state index contributed by atoms with van der Waals surface area (Å²) in [6.07, 6.45) is 2.88. The van der Waals surface area contributed by atoms with Crippen LogP contribution in [0, 0.1) is 12.7 Å². The number of ether oxygens (including phenoxy) is 1. The SMILES string of the molecule is CCn1c(C)c(C(=O)O)c(-c2cc(F)cc(N3CCN(c4ccc(NS(=O)(=O)c5ccc(N[C@@H](CCSc6ccccc6)CCN6CCC(OC(C)C)CC6)c(S(=O)(=O)C(F)(F)F)c5)cc4)CC3)c2)c1-c1ccc(Cl)cc1. The number of aromatic carboxylic acids is 1. The number of sulfonamides is 1. The molecule has 412 valence electrons. The number of nitrogens with zero attached hydrogens (tertiary/aromatic N) is 4. The Hall–Kier alpha value is -5.77. The lowest BCUT2D eigenvalue weighted by molar-refractivity contribution is -0.0436. The molecule has 21 heteroatoms. The number of piperidine rings is 1. The van der Waals surface area contributed by atoms with Crippen LogP contribution in [-0.2, 0) is 31.1 Å². The minimum absolute atomic E-state index is 0.0769. The van der Waals surface area contributed by atoms with Crippen LogP contribution in [-0.4, -0.2) is 113 Å². The number of halogens is 5. The Labute approximate surface area is 457 Å². The number of alkyl halides is 3. The Morgan fingerprint density at radius 1 is 0.818 bits per heavy atom. The molecule has 1 aromatic heterocycles. The first-order valence-corrected chi connectivity index (χ1v) is 29.9. The van der Waals surface area contributed by atoms with Gasteiger partial charge in [0.25, 0.3) is 19.9 Å². The number of aromatic nitrogens is 1. The highest BCUT2D eigenvalue weighted by Gasteiger charge is 2.48. The maximum absolute atomic E-state index is 15.6. The lowest BCUT2D eigenvalue weighted by atomic mass is 9.96. The lowest BCUT2D eigenvalue weighted by Gasteiger charge is -2.37. The summed E-state index contributed by atoms with van der Waals surface area (Å²) in [5.74, 6) is -1.09. The van der Waals surface area contributed by atoms with Gasteiger partial charge in [0.15, 0.2) is 0 Å². The van der Waals surface area contributed by atoms with Crippen LogP contribution in [0.3, 0.4) is 0 Å². The Morgan fingerprint density at radius 2 is 1.47 bits per heavy atom. The van der Waals surface area contributed by atoms with Crippen molar-refractivity contribution in [2.24, 2.45) is 0 Å². The van der Waals surface area contributed by atoms with Crippen molar-refractivity contribution in [1.29, 1.82) is 0 Å². The highest BCUT2D eigenvalue weighted by molar-refractivity contribution is 7.99. The van der Waals surface area contributed by atoms with E-state index in [0.717, 1.165) is 54.2 Å². The largest absolute Gasteiger partial charge is 0.501 e. The summed E-state index contributed by atoms with van der Waals surface area (Å²) in [5, 5.41) is 14.0. The fourth-order valence-electron chi connectivity index (χ4n) is 10.1. The number of carboxylic acid groups (broad SMARTS) is 1. The van der Waals surface area contributed by atoms with Crippen molar-refractivity contribution in [3.05, 3.63) is 137 Å². The first-order chi connectivity index (χ1) is 36.6. The molecule has 1 atom stereocenters. The van der Waals surface area contributed by atoms with Gasteiger partial charge in [-0.15, -0.1) is 11.8 Å². The normalized spacial score (nSPS) is 15.5. The zero-order valence-electron chi connectivity index (χ0n) is 43.2. The van der Waals surface area contributed by atoms with Crippen LogP contribution in [0.4, 0.5) is 40.3 Å². The number of anilines is 4. The highest BCUT2D eigenvalue weighted by atomic mass is 35.5. The zero-order chi connectivity index (χ0) is 55.2. The summed E-state index contributed by atoms with van der Waals surface area (Å²) in [4.78, 5) is 18.3. The van der Waals surface area contributed by atoms with E-state index >= 15 is 4.39 Å². The second-order valence-electron chi connectivity index (χ2n) is 19.5. The minimum Gasteiger partial charge on any atom is -0.478 e. The maximum atomic E-state index is 15.6. The third kappa shape index (κ3) is 13.7. The Balaban J connectivity index is 0.962. The van der Waals surface area contributed by atoms with Gasteiger partial charge in [-0.2, -0.15) is 13.2 Å².